The molecule has 2 saturated carbocycles. The standard InChI is InChI=1S/C9H18.C8H16.C8H18.C8H14.C7H15F.C7H16/c1-9(2,3)7-8-5-4-6-8;1-8(2,3)6-7-4-5-7;1-7(2)6-8(3,4)5;1-5-6-7-8(2,3)4;1-6(8)5-7(2,3)4;1-5-6-7(2,3)4/h8H,4-7H2,1-3H3;7H,4-6H2,1-3H3;7H,6H2,1-5H3;1H,6-7H2,2-4H3;6H,5H2,1-4H3;5-6H2,1-4H3. The van der Waals surface area contributed by atoms with E-state index in [-0.39, 0.29) is 5.41 Å². The maximum Gasteiger partial charge on any atom is 0.0978 e. The normalized spacial score (nSPS) is 16.0. The van der Waals surface area contributed by atoms with Crippen molar-refractivity contribution in [1.82, 2.24) is 0 Å². The highest BCUT2D eigenvalue weighted by molar-refractivity contribution is 4.85. The molecule has 0 bridgehead atoms. The molecule has 0 saturated heterocycles. The molecule has 0 N–H and O–H groups in total. The van der Waals surface area contributed by atoms with Crippen LogP contribution in [0.15, 0.2) is 0 Å². The Morgan fingerprint density at radius 3 is 0.938 bits per heavy atom. The average molecular weight is 681 g/mol. The molecule has 0 aromatic carbocycles. The smallest absolute Gasteiger partial charge is 0.0978 e. The Kier molecular flexibility index (Phi) is 28.8. The van der Waals surface area contributed by atoms with Gasteiger partial charge in [0.05, 0.1) is 6.17 Å². The van der Waals surface area contributed by atoms with E-state index in [1.807, 2.05) is 20.8 Å². The number of hydrogen-bond acceptors (Lipinski definition) is 0. The largest absolute Gasteiger partial charge is 0.248 e. The third kappa shape index (κ3) is 64.1. The molecular weight excluding hydrogens is 584 g/mol. The zero-order valence-corrected chi connectivity index (χ0v) is 38.0. The predicted molar refractivity (Wildman–Crippen MR) is 224 cm³/mol. The summed E-state index contributed by atoms with van der Waals surface area (Å²) in [5.74, 6) is 5.63. The number of rotatable bonds is 6. The van der Waals surface area contributed by atoms with Gasteiger partial charge in [0.15, 0.2) is 0 Å². The van der Waals surface area contributed by atoms with Gasteiger partial charge in [0.2, 0.25) is 0 Å². The van der Waals surface area contributed by atoms with Crippen molar-refractivity contribution in [2.24, 2.45) is 50.2 Å². The van der Waals surface area contributed by atoms with E-state index >= 15 is 0 Å². The highest BCUT2D eigenvalue weighted by Gasteiger charge is 2.26. The van der Waals surface area contributed by atoms with Gasteiger partial charge in [-0.15, -0.1) is 12.3 Å². The topological polar surface area (TPSA) is 0 Å². The minimum atomic E-state index is -0.657. The summed E-state index contributed by atoms with van der Waals surface area (Å²) in [6.45, 7) is 48.8. The summed E-state index contributed by atoms with van der Waals surface area (Å²) in [4.78, 5) is 0. The predicted octanol–water partition coefficient (Wildman–Crippen LogP) is 17.2. The first-order valence-corrected chi connectivity index (χ1v) is 20.2. The summed E-state index contributed by atoms with van der Waals surface area (Å²) < 4.78 is 12.2. The van der Waals surface area contributed by atoms with Crippen LogP contribution in [0.1, 0.15) is 236 Å². The van der Waals surface area contributed by atoms with Crippen molar-refractivity contribution in [2.45, 2.75) is 242 Å². The molecule has 0 nitrogen and oxygen atoms in total. The van der Waals surface area contributed by atoms with Crippen LogP contribution >= 0.6 is 0 Å². The summed E-state index contributed by atoms with van der Waals surface area (Å²) >= 11 is 0. The van der Waals surface area contributed by atoms with Gasteiger partial charge in [-0.3, -0.25) is 0 Å². The van der Waals surface area contributed by atoms with Crippen molar-refractivity contribution in [2.75, 3.05) is 0 Å². The number of alkyl halides is 1. The lowest BCUT2D eigenvalue weighted by molar-refractivity contribution is 0.207. The molecular formula is C47H97F. The minimum absolute atomic E-state index is 0.147. The zero-order valence-electron chi connectivity index (χ0n) is 38.0. The number of halogens is 1. The summed E-state index contributed by atoms with van der Waals surface area (Å²) in [5.41, 5.74) is 2.79. The van der Waals surface area contributed by atoms with Gasteiger partial charge in [0, 0.05) is 6.42 Å². The van der Waals surface area contributed by atoms with Gasteiger partial charge in [-0.2, -0.15) is 0 Å². The van der Waals surface area contributed by atoms with Crippen molar-refractivity contribution in [3.63, 3.8) is 0 Å². The van der Waals surface area contributed by atoms with Gasteiger partial charge in [-0.1, -0.05) is 184 Å². The first kappa shape index (κ1) is 54.3. The first-order valence-electron chi connectivity index (χ1n) is 20.2. The fraction of sp³-hybridized carbons (Fsp3) is 0.957. The molecule has 2 aliphatic rings. The maximum absolute atomic E-state index is 12.2. The van der Waals surface area contributed by atoms with Gasteiger partial charge in [0.25, 0.3) is 0 Å². The van der Waals surface area contributed by atoms with Crippen LogP contribution in [0.3, 0.4) is 0 Å². The SMILES string of the molecule is C#CCCC(C)(C)C.CC(C)(C)CC1CC1.CC(C)(C)CC1CCC1.CC(C)CC(C)(C)C.CC(F)CC(C)(C)C.CCCC(C)(C)C. The van der Waals surface area contributed by atoms with Gasteiger partial charge in [-0.25, -0.2) is 4.39 Å². The van der Waals surface area contributed by atoms with Gasteiger partial charge < -0.3 is 0 Å². The van der Waals surface area contributed by atoms with E-state index in [1.165, 1.54) is 64.2 Å². The first-order chi connectivity index (χ1) is 21.1. The van der Waals surface area contributed by atoms with Crippen LogP contribution in [0.4, 0.5) is 4.39 Å². The summed E-state index contributed by atoms with van der Waals surface area (Å²) in [5, 5.41) is 0. The van der Waals surface area contributed by atoms with Gasteiger partial charge in [0.1, 0.15) is 0 Å². The fourth-order valence-electron chi connectivity index (χ4n) is 6.02. The van der Waals surface area contributed by atoms with Crippen LogP contribution in [0.2, 0.25) is 0 Å². The third-order valence-corrected chi connectivity index (χ3v) is 7.66. The molecule has 0 aliphatic heterocycles. The zero-order chi connectivity index (χ0) is 39.2. The van der Waals surface area contributed by atoms with E-state index in [2.05, 4.69) is 131 Å². The molecule has 0 heterocycles. The Morgan fingerprint density at radius 1 is 0.542 bits per heavy atom. The lowest BCUT2D eigenvalue weighted by Gasteiger charge is -2.31. The second-order valence-electron chi connectivity index (χ2n) is 23.0. The van der Waals surface area contributed by atoms with E-state index in [9.17, 15) is 4.39 Å². The van der Waals surface area contributed by atoms with Crippen LogP contribution in [-0.4, -0.2) is 6.17 Å². The molecule has 292 valence electrons. The molecule has 2 rings (SSSR count). The van der Waals surface area contributed by atoms with Crippen molar-refractivity contribution >= 4 is 0 Å². The molecule has 0 spiro atoms. The van der Waals surface area contributed by atoms with Crippen LogP contribution in [0, 0.1) is 62.6 Å². The van der Waals surface area contributed by atoms with E-state index in [4.69, 9.17) is 6.42 Å². The van der Waals surface area contributed by atoms with E-state index in [1.54, 1.807) is 6.92 Å². The van der Waals surface area contributed by atoms with E-state index in [0.29, 0.717) is 33.5 Å². The third-order valence-electron chi connectivity index (χ3n) is 7.66. The molecule has 1 heteroatoms. The Bertz CT molecular complexity index is 702. The minimum Gasteiger partial charge on any atom is -0.248 e. The Balaban J connectivity index is -0.000000242. The molecule has 2 fully saturated rings. The number of hydrogen-bond donors (Lipinski definition) is 0. The Labute approximate surface area is 308 Å². The van der Waals surface area contributed by atoms with Crippen LogP contribution < -0.4 is 0 Å². The van der Waals surface area contributed by atoms with Gasteiger partial charge in [-0.05, 0) is 95.7 Å². The van der Waals surface area contributed by atoms with E-state index in [0.717, 1.165) is 30.6 Å². The monoisotopic (exact) mass is 681 g/mol. The molecule has 0 amide bonds. The number of terminal acetylenes is 1. The lowest BCUT2D eigenvalue weighted by atomic mass is 9.74. The molecule has 0 aromatic heterocycles. The molecule has 0 radical (unpaired) electrons. The maximum atomic E-state index is 12.2. The highest BCUT2D eigenvalue weighted by Crippen LogP contribution is 2.39. The summed E-state index contributed by atoms with van der Waals surface area (Å²) in [7, 11) is 0. The highest BCUT2D eigenvalue weighted by atomic mass is 19.1. The van der Waals surface area contributed by atoms with Gasteiger partial charge >= 0.3 is 0 Å². The molecule has 1 atom stereocenters. The van der Waals surface area contributed by atoms with Crippen molar-refractivity contribution in [3.8, 4) is 12.3 Å². The van der Waals surface area contributed by atoms with Crippen LogP contribution in [-0.2, 0) is 0 Å². The molecule has 2 aliphatic carbocycles. The van der Waals surface area contributed by atoms with Crippen molar-refractivity contribution in [1.29, 1.82) is 0 Å². The average Bonchev–Trinajstić information content (AvgIpc) is 3.54. The molecule has 48 heavy (non-hydrogen) atoms. The van der Waals surface area contributed by atoms with Crippen LogP contribution in [0.5, 0.6) is 0 Å². The van der Waals surface area contributed by atoms with Crippen molar-refractivity contribution in [3.05, 3.63) is 0 Å². The molecule has 1 unspecified atom stereocenters. The van der Waals surface area contributed by atoms with E-state index < -0.39 is 6.17 Å². The van der Waals surface area contributed by atoms with Crippen molar-refractivity contribution < 1.29 is 4.39 Å². The summed E-state index contributed by atoms with van der Waals surface area (Å²) in [6.07, 6.45) is 21.4. The summed E-state index contributed by atoms with van der Waals surface area (Å²) in [6, 6.07) is 0. The molecule has 0 aromatic rings. The second-order valence-corrected chi connectivity index (χ2v) is 23.0. The lowest BCUT2D eigenvalue weighted by Crippen LogP contribution is -2.18. The second kappa shape index (κ2) is 25.4. The van der Waals surface area contributed by atoms with Crippen LogP contribution in [0.25, 0.3) is 0 Å². The Morgan fingerprint density at radius 2 is 0.896 bits per heavy atom. The Hall–Kier alpha value is -0.510. The quantitative estimate of drug-likeness (QED) is 0.245. The fourth-order valence-corrected chi connectivity index (χ4v) is 6.02.